The SMILES string of the molecule is O=C(c1cc2c([nH]c1=O)CCCCC2)N1CCCCCCC1. The predicted octanol–water partition coefficient (Wildman–Crippen LogP) is 3.05. The summed E-state index contributed by atoms with van der Waals surface area (Å²) in [7, 11) is 0. The summed E-state index contributed by atoms with van der Waals surface area (Å²) in [5, 5.41) is 0. The molecule has 1 aromatic rings. The fourth-order valence-electron chi connectivity index (χ4n) is 3.63. The zero-order chi connectivity index (χ0) is 15.4. The van der Waals surface area contributed by atoms with E-state index in [0.29, 0.717) is 5.56 Å². The van der Waals surface area contributed by atoms with Crippen LogP contribution in [0.1, 0.15) is 73.0 Å². The average molecular weight is 302 g/mol. The van der Waals surface area contributed by atoms with E-state index in [1.807, 2.05) is 11.0 Å². The Morgan fingerprint density at radius 3 is 2.32 bits per heavy atom. The number of pyridine rings is 1. The molecule has 1 amide bonds. The lowest BCUT2D eigenvalue weighted by molar-refractivity contribution is 0.0740. The van der Waals surface area contributed by atoms with Gasteiger partial charge in [0.15, 0.2) is 0 Å². The van der Waals surface area contributed by atoms with E-state index in [1.54, 1.807) is 0 Å². The Labute approximate surface area is 131 Å². The lowest BCUT2D eigenvalue weighted by atomic mass is 10.0. The van der Waals surface area contributed by atoms with Crippen molar-refractivity contribution in [2.75, 3.05) is 13.1 Å². The number of H-pyrrole nitrogens is 1. The number of rotatable bonds is 1. The minimum atomic E-state index is -0.201. The van der Waals surface area contributed by atoms with Gasteiger partial charge in [0.25, 0.3) is 11.5 Å². The smallest absolute Gasteiger partial charge is 0.261 e. The van der Waals surface area contributed by atoms with Crippen molar-refractivity contribution < 1.29 is 4.79 Å². The highest BCUT2D eigenvalue weighted by molar-refractivity contribution is 5.94. The van der Waals surface area contributed by atoms with Gasteiger partial charge < -0.3 is 9.88 Å². The molecule has 1 aliphatic carbocycles. The molecule has 1 fully saturated rings. The van der Waals surface area contributed by atoms with Crippen LogP contribution in [0.15, 0.2) is 10.9 Å². The van der Waals surface area contributed by atoms with Gasteiger partial charge in [-0.2, -0.15) is 0 Å². The van der Waals surface area contributed by atoms with E-state index < -0.39 is 0 Å². The Balaban J connectivity index is 1.85. The van der Waals surface area contributed by atoms with Crippen LogP contribution in [0.5, 0.6) is 0 Å². The molecule has 120 valence electrons. The molecule has 1 N–H and O–H groups in total. The number of hydrogen-bond acceptors (Lipinski definition) is 2. The van der Waals surface area contributed by atoms with Crippen molar-refractivity contribution in [2.45, 2.75) is 64.2 Å². The average Bonchev–Trinajstić information content (AvgIpc) is 2.70. The second-order valence-electron chi connectivity index (χ2n) is 6.64. The molecule has 4 heteroatoms. The Bertz CT molecular complexity index is 583. The molecule has 3 rings (SSSR count). The molecule has 0 bridgehead atoms. The van der Waals surface area contributed by atoms with E-state index in [0.717, 1.165) is 57.3 Å². The third-order valence-electron chi connectivity index (χ3n) is 4.96. The fourth-order valence-corrected chi connectivity index (χ4v) is 3.63. The summed E-state index contributed by atoms with van der Waals surface area (Å²) in [5.74, 6) is -0.0739. The lowest BCUT2D eigenvalue weighted by Gasteiger charge is -2.24. The van der Waals surface area contributed by atoms with Gasteiger partial charge in [0.1, 0.15) is 5.56 Å². The summed E-state index contributed by atoms with van der Waals surface area (Å²) < 4.78 is 0. The molecule has 1 saturated heterocycles. The second-order valence-corrected chi connectivity index (χ2v) is 6.64. The number of nitrogens with one attached hydrogen (secondary N) is 1. The van der Waals surface area contributed by atoms with Gasteiger partial charge >= 0.3 is 0 Å². The monoisotopic (exact) mass is 302 g/mol. The number of nitrogens with zero attached hydrogens (tertiary/aromatic N) is 1. The maximum Gasteiger partial charge on any atom is 0.261 e. The number of likely N-dealkylation sites (tertiary alicyclic amines) is 1. The lowest BCUT2D eigenvalue weighted by Crippen LogP contribution is -2.37. The van der Waals surface area contributed by atoms with Gasteiger partial charge in [0.05, 0.1) is 0 Å². The summed E-state index contributed by atoms with van der Waals surface area (Å²) in [6.07, 6.45) is 11.1. The summed E-state index contributed by atoms with van der Waals surface area (Å²) in [4.78, 5) is 30.0. The maximum atomic E-state index is 12.8. The largest absolute Gasteiger partial charge is 0.338 e. The van der Waals surface area contributed by atoms with Crippen LogP contribution in [0.3, 0.4) is 0 Å². The first kappa shape index (κ1) is 15.3. The topological polar surface area (TPSA) is 53.2 Å². The number of aromatic nitrogens is 1. The summed E-state index contributed by atoms with van der Waals surface area (Å²) in [5.41, 5.74) is 2.37. The van der Waals surface area contributed by atoms with Crippen molar-refractivity contribution in [2.24, 2.45) is 0 Å². The molecule has 4 nitrogen and oxygen atoms in total. The van der Waals surface area contributed by atoms with Crippen LogP contribution in [0, 0.1) is 0 Å². The number of amides is 1. The minimum Gasteiger partial charge on any atom is -0.338 e. The van der Waals surface area contributed by atoms with Crippen LogP contribution in [-0.4, -0.2) is 28.9 Å². The normalized spacial score (nSPS) is 19.7. The van der Waals surface area contributed by atoms with E-state index in [-0.39, 0.29) is 11.5 Å². The van der Waals surface area contributed by atoms with Crippen LogP contribution in [-0.2, 0) is 12.8 Å². The van der Waals surface area contributed by atoms with Gasteiger partial charge in [-0.15, -0.1) is 0 Å². The number of carbonyl (C=O) groups excluding carboxylic acids is 1. The van der Waals surface area contributed by atoms with Crippen molar-refractivity contribution >= 4 is 5.91 Å². The van der Waals surface area contributed by atoms with Crippen LogP contribution in [0.25, 0.3) is 0 Å². The quantitative estimate of drug-likeness (QED) is 0.811. The van der Waals surface area contributed by atoms with Crippen LogP contribution in [0.4, 0.5) is 0 Å². The van der Waals surface area contributed by atoms with Gasteiger partial charge in [-0.1, -0.05) is 25.7 Å². The standard InChI is InChI=1S/C18H26N2O2/c21-17-15(13-14-9-5-4-6-10-16(14)19-17)18(22)20-11-7-2-1-3-8-12-20/h13H,1-12H2,(H,19,21). The second kappa shape index (κ2) is 7.12. The number of aryl methyl sites for hydroxylation is 2. The molecular weight excluding hydrogens is 276 g/mol. The number of aromatic amines is 1. The molecule has 0 saturated carbocycles. The molecule has 2 heterocycles. The first-order chi connectivity index (χ1) is 10.8. The Hall–Kier alpha value is -1.58. The van der Waals surface area contributed by atoms with E-state index in [9.17, 15) is 9.59 Å². The van der Waals surface area contributed by atoms with Gasteiger partial charge in [-0.3, -0.25) is 9.59 Å². The van der Waals surface area contributed by atoms with Crippen molar-refractivity contribution in [3.63, 3.8) is 0 Å². The van der Waals surface area contributed by atoms with Crippen molar-refractivity contribution in [1.29, 1.82) is 0 Å². The molecule has 2 aliphatic rings. The molecular formula is C18H26N2O2. The minimum absolute atomic E-state index is 0.0739. The molecule has 0 aromatic carbocycles. The van der Waals surface area contributed by atoms with Crippen molar-refractivity contribution in [1.82, 2.24) is 9.88 Å². The molecule has 0 atom stereocenters. The third kappa shape index (κ3) is 3.42. The highest BCUT2D eigenvalue weighted by Crippen LogP contribution is 2.19. The van der Waals surface area contributed by atoms with Gasteiger partial charge in [0.2, 0.25) is 0 Å². The van der Waals surface area contributed by atoms with Gasteiger partial charge in [0, 0.05) is 18.8 Å². The maximum absolute atomic E-state index is 12.8. The van der Waals surface area contributed by atoms with E-state index in [1.165, 1.54) is 31.2 Å². The Morgan fingerprint density at radius 2 is 1.55 bits per heavy atom. The van der Waals surface area contributed by atoms with Crippen molar-refractivity contribution in [3.05, 3.63) is 33.2 Å². The van der Waals surface area contributed by atoms with Gasteiger partial charge in [-0.05, 0) is 50.2 Å². The molecule has 1 aliphatic heterocycles. The summed E-state index contributed by atoms with van der Waals surface area (Å²) in [6, 6.07) is 1.88. The first-order valence-electron chi connectivity index (χ1n) is 8.80. The van der Waals surface area contributed by atoms with Gasteiger partial charge in [-0.25, -0.2) is 0 Å². The highest BCUT2D eigenvalue weighted by atomic mass is 16.2. The Morgan fingerprint density at radius 1 is 0.909 bits per heavy atom. The number of carbonyl (C=O) groups is 1. The van der Waals surface area contributed by atoms with E-state index in [4.69, 9.17) is 0 Å². The Kier molecular flexibility index (Phi) is 4.96. The molecule has 1 aromatic heterocycles. The fraction of sp³-hybridized carbons (Fsp3) is 0.667. The first-order valence-corrected chi connectivity index (χ1v) is 8.80. The summed E-state index contributed by atoms with van der Waals surface area (Å²) >= 11 is 0. The summed E-state index contributed by atoms with van der Waals surface area (Å²) in [6.45, 7) is 1.57. The molecule has 22 heavy (non-hydrogen) atoms. The van der Waals surface area contributed by atoms with Crippen LogP contribution in [0.2, 0.25) is 0 Å². The third-order valence-corrected chi connectivity index (χ3v) is 4.96. The number of fused-ring (bicyclic) bond motifs is 1. The van der Waals surface area contributed by atoms with Crippen LogP contribution >= 0.6 is 0 Å². The zero-order valence-corrected chi connectivity index (χ0v) is 13.3. The van der Waals surface area contributed by atoms with Crippen molar-refractivity contribution in [3.8, 4) is 0 Å². The molecule has 0 radical (unpaired) electrons. The number of hydrogen-bond donors (Lipinski definition) is 1. The van der Waals surface area contributed by atoms with E-state index >= 15 is 0 Å². The molecule has 0 spiro atoms. The van der Waals surface area contributed by atoms with E-state index in [2.05, 4.69) is 4.98 Å². The predicted molar refractivity (Wildman–Crippen MR) is 87.3 cm³/mol. The zero-order valence-electron chi connectivity index (χ0n) is 13.3. The highest BCUT2D eigenvalue weighted by Gasteiger charge is 2.21. The molecule has 0 unspecified atom stereocenters. The van der Waals surface area contributed by atoms with Crippen LogP contribution < -0.4 is 5.56 Å².